The normalized spacial score (nSPS) is 23.9. The largest absolute Gasteiger partial charge is 0.376 e. The summed E-state index contributed by atoms with van der Waals surface area (Å²) in [5, 5.41) is 3.30. The molecule has 18 heavy (non-hydrogen) atoms. The summed E-state index contributed by atoms with van der Waals surface area (Å²) < 4.78 is 5.85. The maximum absolute atomic E-state index is 5.87. The standard InChI is InChI=1S/C14H23N3O/c1-11-3-2-8-16-14(11)17-9-10-18-13-6-4-12(15)5-7-13/h2-3,8,12-13H,4-7,9-10,15H2,1H3,(H,16,17). The van der Waals surface area contributed by atoms with Gasteiger partial charge in [-0.3, -0.25) is 0 Å². The van der Waals surface area contributed by atoms with Crippen LogP contribution in [0, 0.1) is 6.92 Å². The molecule has 0 aromatic carbocycles. The van der Waals surface area contributed by atoms with Gasteiger partial charge >= 0.3 is 0 Å². The maximum Gasteiger partial charge on any atom is 0.128 e. The summed E-state index contributed by atoms with van der Waals surface area (Å²) >= 11 is 0. The number of anilines is 1. The summed E-state index contributed by atoms with van der Waals surface area (Å²) in [6, 6.07) is 4.39. The monoisotopic (exact) mass is 249 g/mol. The van der Waals surface area contributed by atoms with Gasteiger partial charge in [-0.15, -0.1) is 0 Å². The van der Waals surface area contributed by atoms with Crippen LogP contribution in [-0.2, 0) is 4.74 Å². The molecule has 4 nitrogen and oxygen atoms in total. The Morgan fingerprint density at radius 1 is 1.39 bits per heavy atom. The van der Waals surface area contributed by atoms with Gasteiger partial charge in [0.15, 0.2) is 0 Å². The molecule has 100 valence electrons. The number of aromatic nitrogens is 1. The zero-order valence-electron chi connectivity index (χ0n) is 11.1. The first-order chi connectivity index (χ1) is 8.75. The van der Waals surface area contributed by atoms with E-state index >= 15 is 0 Å². The van der Waals surface area contributed by atoms with Gasteiger partial charge in [0, 0.05) is 18.8 Å². The Hall–Kier alpha value is -1.13. The Balaban J connectivity index is 1.63. The van der Waals surface area contributed by atoms with E-state index in [4.69, 9.17) is 10.5 Å². The molecule has 0 bridgehead atoms. The second-order valence-electron chi connectivity index (χ2n) is 5.00. The van der Waals surface area contributed by atoms with Crippen molar-refractivity contribution >= 4 is 5.82 Å². The Morgan fingerprint density at radius 2 is 2.17 bits per heavy atom. The van der Waals surface area contributed by atoms with E-state index in [1.807, 2.05) is 6.07 Å². The third kappa shape index (κ3) is 3.96. The van der Waals surface area contributed by atoms with Crippen molar-refractivity contribution in [3.8, 4) is 0 Å². The highest BCUT2D eigenvalue weighted by molar-refractivity contribution is 5.42. The third-order valence-corrected chi connectivity index (χ3v) is 3.48. The van der Waals surface area contributed by atoms with Gasteiger partial charge in [-0.1, -0.05) is 6.07 Å². The van der Waals surface area contributed by atoms with Crippen LogP contribution in [0.2, 0.25) is 0 Å². The Kier molecular flexibility index (Phi) is 4.96. The molecule has 0 saturated heterocycles. The number of nitrogens with one attached hydrogen (secondary N) is 1. The lowest BCUT2D eigenvalue weighted by atomic mass is 9.94. The molecule has 0 unspecified atom stereocenters. The third-order valence-electron chi connectivity index (χ3n) is 3.48. The second kappa shape index (κ2) is 6.71. The van der Waals surface area contributed by atoms with Crippen molar-refractivity contribution in [3.63, 3.8) is 0 Å². The smallest absolute Gasteiger partial charge is 0.128 e. The topological polar surface area (TPSA) is 60.2 Å². The number of nitrogens with two attached hydrogens (primary N) is 1. The molecule has 1 aliphatic carbocycles. The van der Waals surface area contributed by atoms with Gasteiger partial charge in [-0.2, -0.15) is 0 Å². The van der Waals surface area contributed by atoms with E-state index in [-0.39, 0.29) is 0 Å². The summed E-state index contributed by atoms with van der Waals surface area (Å²) in [5.74, 6) is 0.951. The van der Waals surface area contributed by atoms with E-state index in [0.717, 1.165) is 44.7 Å². The Labute approximate surface area is 109 Å². The molecule has 1 heterocycles. The van der Waals surface area contributed by atoms with E-state index in [2.05, 4.69) is 23.3 Å². The number of hydrogen-bond donors (Lipinski definition) is 2. The predicted octanol–water partition coefficient (Wildman–Crippen LogP) is 2.09. The van der Waals surface area contributed by atoms with Crippen molar-refractivity contribution in [3.05, 3.63) is 23.9 Å². The summed E-state index contributed by atoms with van der Waals surface area (Å²) in [6.45, 7) is 3.59. The first-order valence-electron chi connectivity index (χ1n) is 6.78. The minimum atomic E-state index is 0.388. The van der Waals surface area contributed by atoms with E-state index in [1.54, 1.807) is 6.20 Å². The average molecular weight is 249 g/mol. The molecule has 0 amide bonds. The molecule has 4 heteroatoms. The molecule has 1 fully saturated rings. The lowest BCUT2D eigenvalue weighted by molar-refractivity contribution is 0.0313. The fourth-order valence-electron chi connectivity index (χ4n) is 2.32. The van der Waals surface area contributed by atoms with Crippen molar-refractivity contribution < 1.29 is 4.74 Å². The Morgan fingerprint density at radius 3 is 2.89 bits per heavy atom. The molecule has 1 aromatic heterocycles. The number of pyridine rings is 1. The van der Waals surface area contributed by atoms with E-state index in [1.165, 1.54) is 5.56 Å². The lowest BCUT2D eigenvalue weighted by Crippen LogP contribution is -2.31. The van der Waals surface area contributed by atoms with E-state index in [9.17, 15) is 0 Å². The zero-order chi connectivity index (χ0) is 12.8. The molecule has 0 atom stereocenters. The highest BCUT2D eigenvalue weighted by Crippen LogP contribution is 2.19. The highest BCUT2D eigenvalue weighted by Gasteiger charge is 2.18. The van der Waals surface area contributed by atoms with Gasteiger partial charge in [0.2, 0.25) is 0 Å². The van der Waals surface area contributed by atoms with Gasteiger partial charge in [-0.05, 0) is 44.2 Å². The first-order valence-corrected chi connectivity index (χ1v) is 6.78. The van der Waals surface area contributed by atoms with Crippen LogP contribution >= 0.6 is 0 Å². The lowest BCUT2D eigenvalue weighted by Gasteiger charge is -2.26. The molecule has 0 radical (unpaired) electrons. The van der Waals surface area contributed by atoms with Crippen LogP contribution in [-0.4, -0.2) is 30.3 Å². The fourth-order valence-corrected chi connectivity index (χ4v) is 2.32. The zero-order valence-corrected chi connectivity index (χ0v) is 11.1. The molecule has 2 rings (SSSR count). The van der Waals surface area contributed by atoms with Gasteiger partial charge in [0.05, 0.1) is 12.7 Å². The maximum atomic E-state index is 5.87. The van der Waals surface area contributed by atoms with Crippen LogP contribution in [0.25, 0.3) is 0 Å². The van der Waals surface area contributed by atoms with Gasteiger partial charge in [0.25, 0.3) is 0 Å². The van der Waals surface area contributed by atoms with Crippen LogP contribution < -0.4 is 11.1 Å². The summed E-state index contributed by atoms with van der Waals surface area (Å²) in [6.07, 6.45) is 6.60. The number of ether oxygens (including phenoxy) is 1. The van der Waals surface area contributed by atoms with Crippen LogP contribution in [0.3, 0.4) is 0 Å². The minimum absolute atomic E-state index is 0.388. The summed E-state index contributed by atoms with van der Waals surface area (Å²) in [4.78, 5) is 4.29. The van der Waals surface area contributed by atoms with Crippen LogP contribution in [0.1, 0.15) is 31.2 Å². The molecule has 1 saturated carbocycles. The summed E-state index contributed by atoms with van der Waals surface area (Å²) in [7, 11) is 0. The van der Waals surface area contributed by atoms with E-state index < -0.39 is 0 Å². The molecular formula is C14H23N3O. The molecule has 0 aliphatic heterocycles. The summed E-state index contributed by atoms with van der Waals surface area (Å²) in [5.41, 5.74) is 7.04. The predicted molar refractivity (Wildman–Crippen MR) is 73.6 cm³/mol. The number of hydrogen-bond acceptors (Lipinski definition) is 4. The van der Waals surface area contributed by atoms with Gasteiger partial charge in [0.1, 0.15) is 5.82 Å². The van der Waals surface area contributed by atoms with Crippen molar-refractivity contribution in [2.45, 2.75) is 44.8 Å². The number of aryl methyl sites for hydroxylation is 1. The van der Waals surface area contributed by atoms with Gasteiger partial charge < -0.3 is 15.8 Å². The Bertz CT molecular complexity index is 362. The quantitative estimate of drug-likeness (QED) is 0.784. The fraction of sp³-hybridized carbons (Fsp3) is 0.643. The number of rotatable bonds is 5. The molecule has 1 aromatic rings. The van der Waals surface area contributed by atoms with E-state index in [0.29, 0.717) is 12.1 Å². The molecule has 1 aliphatic rings. The molecular weight excluding hydrogens is 226 g/mol. The highest BCUT2D eigenvalue weighted by atomic mass is 16.5. The van der Waals surface area contributed by atoms with Crippen molar-refractivity contribution in [2.75, 3.05) is 18.5 Å². The molecule has 3 N–H and O–H groups in total. The van der Waals surface area contributed by atoms with Crippen molar-refractivity contribution in [1.29, 1.82) is 0 Å². The SMILES string of the molecule is Cc1cccnc1NCCOC1CCC(N)CC1. The average Bonchev–Trinajstić information content (AvgIpc) is 2.39. The van der Waals surface area contributed by atoms with Crippen LogP contribution in [0.4, 0.5) is 5.82 Å². The van der Waals surface area contributed by atoms with Crippen molar-refractivity contribution in [2.24, 2.45) is 5.73 Å². The number of nitrogens with zero attached hydrogens (tertiary/aromatic N) is 1. The first kappa shape index (κ1) is 13.3. The van der Waals surface area contributed by atoms with Crippen LogP contribution in [0.5, 0.6) is 0 Å². The molecule has 0 spiro atoms. The second-order valence-corrected chi connectivity index (χ2v) is 5.00. The van der Waals surface area contributed by atoms with Gasteiger partial charge in [-0.25, -0.2) is 4.98 Å². The van der Waals surface area contributed by atoms with Crippen molar-refractivity contribution in [1.82, 2.24) is 4.98 Å². The minimum Gasteiger partial charge on any atom is -0.376 e. The van der Waals surface area contributed by atoms with Crippen LogP contribution in [0.15, 0.2) is 18.3 Å².